The summed E-state index contributed by atoms with van der Waals surface area (Å²) < 4.78 is 15.8. The van der Waals surface area contributed by atoms with Crippen LogP contribution in [0.3, 0.4) is 0 Å². The van der Waals surface area contributed by atoms with Crippen molar-refractivity contribution in [1.29, 1.82) is 0 Å². The number of amides is 4. The Bertz CT molecular complexity index is 776. The van der Waals surface area contributed by atoms with Crippen molar-refractivity contribution in [2.45, 2.75) is 12.5 Å². The molecule has 0 aliphatic carbocycles. The Kier molecular flexibility index (Phi) is 3.95. The molecule has 0 spiro atoms. The number of nitrogens with zero attached hydrogens (tertiary/aromatic N) is 2. The minimum absolute atomic E-state index is 0.121. The highest BCUT2D eigenvalue weighted by Gasteiger charge is 2.50. The van der Waals surface area contributed by atoms with E-state index in [2.05, 4.69) is 5.32 Å². The number of hydrogen-bond acceptors (Lipinski definition) is 6. The summed E-state index contributed by atoms with van der Waals surface area (Å²) in [6.07, 6.45) is 0. The van der Waals surface area contributed by atoms with Gasteiger partial charge in [0.25, 0.3) is 5.91 Å². The summed E-state index contributed by atoms with van der Waals surface area (Å²) >= 11 is 0. The van der Waals surface area contributed by atoms with Crippen molar-refractivity contribution in [3.8, 4) is 11.5 Å². The van der Waals surface area contributed by atoms with Gasteiger partial charge in [0.15, 0.2) is 11.5 Å². The number of carbonyl (C=O) groups is 3. The van der Waals surface area contributed by atoms with Crippen LogP contribution >= 0.6 is 0 Å². The molecular weight excluding hydrogens is 342 g/mol. The number of benzene rings is 1. The number of imide groups is 1. The summed E-state index contributed by atoms with van der Waals surface area (Å²) in [5.41, 5.74) is -0.690. The lowest BCUT2D eigenvalue weighted by Crippen LogP contribution is -2.47. The lowest BCUT2D eigenvalue weighted by molar-refractivity contribution is -0.141. The minimum atomic E-state index is -1.26. The number of carbonyl (C=O) groups excluding carboxylic acids is 3. The van der Waals surface area contributed by atoms with Crippen molar-refractivity contribution in [2.24, 2.45) is 0 Å². The van der Waals surface area contributed by atoms with E-state index in [9.17, 15) is 14.4 Å². The second kappa shape index (κ2) is 6.17. The maximum atomic E-state index is 12.9. The van der Waals surface area contributed by atoms with Gasteiger partial charge in [0.1, 0.15) is 12.1 Å². The Labute approximate surface area is 149 Å². The molecule has 0 saturated carbocycles. The maximum Gasteiger partial charge on any atom is 0.325 e. The highest BCUT2D eigenvalue weighted by atomic mass is 16.7. The van der Waals surface area contributed by atoms with Gasteiger partial charge in [0, 0.05) is 13.1 Å². The molecule has 138 valence electrons. The molecule has 4 amide bonds. The van der Waals surface area contributed by atoms with Gasteiger partial charge in [-0.25, -0.2) is 4.79 Å². The van der Waals surface area contributed by atoms with Crippen LogP contribution in [0.25, 0.3) is 0 Å². The molecule has 2 saturated heterocycles. The molecule has 3 aliphatic heterocycles. The summed E-state index contributed by atoms with van der Waals surface area (Å²) in [5, 5.41) is 2.69. The van der Waals surface area contributed by atoms with Crippen LogP contribution in [-0.4, -0.2) is 67.3 Å². The van der Waals surface area contributed by atoms with Crippen LogP contribution in [0.4, 0.5) is 4.79 Å². The first kappa shape index (κ1) is 16.6. The fourth-order valence-electron chi connectivity index (χ4n) is 3.29. The molecule has 1 aromatic rings. The average molecular weight is 361 g/mol. The van der Waals surface area contributed by atoms with Crippen LogP contribution in [0.15, 0.2) is 18.2 Å². The van der Waals surface area contributed by atoms with E-state index in [0.29, 0.717) is 43.4 Å². The Morgan fingerprint density at radius 1 is 1.19 bits per heavy atom. The third kappa shape index (κ3) is 2.64. The topological polar surface area (TPSA) is 97.4 Å². The van der Waals surface area contributed by atoms with Gasteiger partial charge in [-0.05, 0) is 24.6 Å². The first-order chi connectivity index (χ1) is 12.5. The standard InChI is InChI=1S/C17H19N3O6/c1-17(11-2-3-12-13(8-11)26-10-25-12)15(22)20(16(23)18-17)9-14(21)19-4-6-24-7-5-19/h2-3,8H,4-7,9-10H2,1H3,(H,18,23)/t17-/m1/s1. The van der Waals surface area contributed by atoms with E-state index < -0.39 is 17.5 Å². The molecule has 4 rings (SSSR count). The van der Waals surface area contributed by atoms with Gasteiger partial charge in [0.05, 0.1) is 13.2 Å². The summed E-state index contributed by atoms with van der Waals surface area (Å²) in [7, 11) is 0. The van der Waals surface area contributed by atoms with Crippen LogP contribution in [0.2, 0.25) is 0 Å². The maximum absolute atomic E-state index is 12.9. The molecule has 26 heavy (non-hydrogen) atoms. The summed E-state index contributed by atoms with van der Waals surface area (Å²) in [6.45, 7) is 3.29. The highest BCUT2D eigenvalue weighted by Crippen LogP contribution is 2.37. The van der Waals surface area contributed by atoms with Crippen molar-refractivity contribution in [3.63, 3.8) is 0 Å². The number of hydrogen-bond donors (Lipinski definition) is 1. The molecule has 3 heterocycles. The lowest BCUT2D eigenvalue weighted by atomic mass is 9.91. The Morgan fingerprint density at radius 3 is 2.69 bits per heavy atom. The van der Waals surface area contributed by atoms with E-state index in [-0.39, 0.29) is 19.2 Å². The largest absolute Gasteiger partial charge is 0.454 e. The number of nitrogens with one attached hydrogen (secondary N) is 1. The van der Waals surface area contributed by atoms with E-state index >= 15 is 0 Å². The smallest absolute Gasteiger partial charge is 0.325 e. The number of rotatable bonds is 3. The van der Waals surface area contributed by atoms with E-state index in [1.807, 2.05) is 0 Å². The third-order valence-electron chi connectivity index (χ3n) is 4.88. The van der Waals surface area contributed by atoms with Gasteiger partial charge in [-0.15, -0.1) is 0 Å². The summed E-state index contributed by atoms with van der Waals surface area (Å²) in [4.78, 5) is 40.3. The van der Waals surface area contributed by atoms with E-state index in [0.717, 1.165) is 4.90 Å². The zero-order chi connectivity index (χ0) is 18.3. The fraction of sp³-hybridized carbons (Fsp3) is 0.471. The van der Waals surface area contributed by atoms with Gasteiger partial charge < -0.3 is 24.4 Å². The predicted octanol–water partition coefficient (Wildman–Crippen LogP) is 0.0411. The van der Waals surface area contributed by atoms with Crippen LogP contribution < -0.4 is 14.8 Å². The quantitative estimate of drug-likeness (QED) is 0.764. The van der Waals surface area contributed by atoms with Gasteiger partial charge >= 0.3 is 6.03 Å². The molecular formula is C17H19N3O6. The second-order valence-corrected chi connectivity index (χ2v) is 6.51. The van der Waals surface area contributed by atoms with Crippen LogP contribution in [0.1, 0.15) is 12.5 Å². The molecule has 1 N–H and O–H groups in total. The third-order valence-corrected chi connectivity index (χ3v) is 4.88. The van der Waals surface area contributed by atoms with E-state index in [1.165, 1.54) is 0 Å². The fourth-order valence-corrected chi connectivity index (χ4v) is 3.29. The molecule has 9 heteroatoms. The summed E-state index contributed by atoms with van der Waals surface area (Å²) in [6, 6.07) is 4.49. The number of morpholine rings is 1. The Hall–Kier alpha value is -2.81. The van der Waals surface area contributed by atoms with Crippen molar-refractivity contribution in [2.75, 3.05) is 39.6 Å². The molecule has 3 aliphatic rings. The zero-order valence-corrected chi connectivity index (χ0v) is 14.3. The SMILES string of the molecule is C[C@]1(c2ccc3c(c2)OCO3)NC(=O)N(CC(=O)N2CCOCC2)C1=O. The molecule has 0 radical (unpaired) electrons. The van der Waals surface area contributed by atoms with Crippen molar-refractivity contribution < 1.29 is 28.6 Å². The number of fused-ring (bicyclic) bond motifs is 1. The summed E-state index contributed by atoms with van der Waals surface area (Å²) in [5.74, 6) is 0.372. The lowest BCUT2D eigenvalue weighted by Gasteiger charge is -2.28. The second-order valence-electron chi connectivity index (χ2n) is 6.51. The molecule has 2 fully saturated rings. The predicted molar refractivity (Wildman–Crippen MR) is 87.6 cm³/mol. The van der Waals surface area contributed by atoms with Gasteiger partial charge in [0.2, 0.25) is 12.7 Å². The van der Waals surface area contributed by atoms with Gasteiger partial charge in [-0.3, -0.25) is 14.5 Å². The number of urea groups is 1. The van der Waals surface area contributed by atoms with Crippen LogP contribution in [0.5, 0.6) is 11.5 Å². The molecule has 1 atom stereocenters. The van der Waals surface area contributed by atoms with Crippen molar-refractivity contribution >= 4 is 17.8 Å². The first-order valence-electron chi connectivity index (χ1n) is 8.39. The zero-order valence-electron chi connectivity index (χ0n) is 14.3. The minimum Gasteiger partial charge on any atom is -0.454 e. The molecule has 0 bridgehead atoms. The van der Waals surface area contributed by atoms with Gasteiger partial charge in [-0.2, -0.15) is 0 Å². The average Bonchev–Trinajstić information content (AvgIpc) is 3.21. The van der Waals surface area contributed by atoms with Crippen LogP contribution in [-0.2, 0) is 19.9 Å². The van der Waals surface area contributed by atoms with Crippen LogP contribution in [0, 0.1) is 0 Å². The Balaban J connectivity index is 1.53. The van der Waals surface area contributed by atoms with Gasteiger partial charge in [-0.1, -0.05) is 6.07 Å². The normalized spacial score (nSPS) is 24.8. The molecule has 0 unspecified atom stereocenters. The molecule has 0 aromatic heterocycles. The number of ether oxygens (including phenoxy) is 3. The molecule has 1 aromatic carbocycles. The van der Waals surface area contributed by atoms with E-state index in [4.69, 9.17) is 14.2 Å². The first-order valence-corrected chi connectivity index (χ1v) is 8.39. The van der Waals surface area contributed by atoms with Crippen molar-refractivity contribution in [3.05, 3.63) is 23.8 Å². The Morgan fingerprint density at radius 2 is 1.92 bits per heavy atom. The molecule has 9 nitrogen and oxygen atoms in total. The highest BCUT2D eigenvalue weighted by molar-refractivity contribution is 6.09. The monoisotopic (exact) mass is 361 g/mol. The van der Waals surface area contributed by atoms with E-state index in [1.54, 1.807) is 30.0 Å². The van der Waals surface area contributed by atoms with Crippen molar-refractivity contribution in [1.82, 2.24) is 15.1 Å².